The number of halogens is 1. The Labute approximate surface area is 169 Å². The highest BCUT2D eigenvalue weighted by Gasteiger charge is 2.33. The Kier molecular flexibility index (Phi) is 5.21. The van der Waals surface area contributed by atoms with E-state index in [1.54, 1.807) is 0 Å². The summed E-state index contributed by atoms with van der Waals surface area (Å²) < 4.78 is 6.68. The van der Waals surface area contributed by atoms with E-state index in [0.717, 1.165) is 37.6 Å². The largest absolute Gasteiger partial charge is 0.378 e. The first-order valence-corrected chi connectivity index (χ1v) is 11.3. The highest BCUT2D eigenvalue weighted by molar-refractivity contribution is 7.19. The molecule has 0 saturated carbocycles. The molecule has 3 saturated heterocycles. The highest BCUT2D eigenvalue weighted by Crippen LogP contribution is 2.40. The van der Waals surface area contributed by atoms with Crippen LogP contribution in [0.3, 0.4) is 0 Å². The van der Waals surface area contributed by atoms with Gasteiger partial charge in [-0.2, -0.15) is 4.98 Å². The van der Waals surface area contributed by atoms with Gasteiger partial charge in [-0.15, -0.1) is 11.3 Å². The van der Waals surface area contributed by atoms with Crippen LogP contribution in [-0.4, -0.2) is 72.3 Å². The SMILES string of the molecule is Clc1nc(N2CCOCC2)c2sc(C(N3CCCCC3)N3CCC3)cc2n1. The van der Waals surface area contributed by atoms with Crippen molar-refractivity contribution in [3.63, 3.8) is 0 Å². The average Bonchev–Trinajstić information content (AvgIpc) is 3.08. The number of thiophene rings is 1. The molecule has 6 nitrogen and oxygen atoms in total. The summed E-state index contributed by atoms with van der Waals surface area (Å²) in [5.74, 6) is 0.977. The summed E-state index contributed by atoms with van der Waals surface area (Å²) in [6, 6.07) is 2.26. The Hall–Kier alpha value is -0.990. The number of morpholine rings is 1. The Morgan fingerprint density at radius 1 is 0.926 bits per heavy atom. The number of hydrogen-bond donors (Lipinski definition) is 0. The monoisotopic (exact) mass is 407 g/mol. The van der Waals surface area contributed by atoms with Crippen molar-refractivity contribution in [1.29, 1.82) is 0 Å². The van der Waals surface area contributed by atoms with Gasteiger partial charge < -0.3 is 9.64 Å². The van der Waals surface area contributed by atoms with Crippen LogP contribution in [0.2, 0.25) is 5.28 Å². The number of anilines is 1. The molecule has 27 heavy (non-hydrogen) atoms. The first kappa shape index (κ1) is 18.1. The van der Waals surface area contributed by atoms with Crippen molar-refractivity contribution in [2.75, 3.05) is 57.4 Å². The second kappa shape index (κ2) is 7.79. The average molecular weight is 408 g/mol. The minimum absolute atomic E-state index is 0.340. The van der Waals surface area contributed by atoms with Crippen LogP contribution in [0.4, 0.5) is 5.82 Å². The molecular formula is C19H26ClN5OS. The van der Waals surface area contributed by atoms with Crippen LogP contribution in [0.25, 0.3) is 10.2 Å². The van der Waals surface area contributed by atoms with E-state index >= 15 is 0 Å². The fourth-order valence-electron chi connectivity index (χ4n) is 4.36. The molecule has 0 spiro atoms. The first-order chi connectivity index (χ1) is 13.3. The molecule has 0 aromatic carbocycles. The molecule has 0 aliphatic carbocycles. The minimum atomic E-state index is 0.340. The van der Waals surface area contributed by atoms with E-state index in [4.69, 9.17) is 16.3 Å². The van der Waals surface area contributed by atoms with Crippen molar-refractivity contribution in [2.45, 2.75) is 31.8 Å². The molecule has 146 valence electrons. The minimum Gasteiger partial charge on any atom is -0.378 e. The maximum Gasteiger partial charge on any atom is 0.224 e. The molecule has 8 heteroatoms. The van der Waals surface area contributed by atoms with Gasteiger partial charge in [-0.1, -0.05) is 6.42 Å². The van der Waals surface area contributed by atoms with Crippen molar-refractivity contribution in [1.82, 2.24) is 19.8 Å². The third kappa shape index (κ3) is 3.56. The zero-order valence-electron chi connectivity index (χ0n) is 15.6. The number of ether oxygens (including phenoxy) is 1. The molecule has 0 radical (unpaired) electrons. The van der Waals surface area contributed by atoms with Gasteiger partial charge in [0.05, 0.1) is 29.6 Å². The number of rotatable bonds is 4. The first-order valence-electron chi connectivity index (χ1n) is 10.1. The molecule has 1 unspecified atom stereocenters. The summed E-state index contributed by atoms with van der Waals surface area (Å²) in [4.78, 5) is 18.1. The summed E-state index contributed by atoms with van der Waals surface area (Å²) in [6.07, 6.45) is 5.66. The number of hydrogen-bond acceptors (Lipinski definition) is 7. The lowest BCUT2D eigenvalue weighted by Gasteiger charge is -2.45. The summed E-state index contributed by atoms with van der Waals surface area (Å²) in [7, 11) is 0. The molecule has 0 amide bonds. The van der Waals surface area contributed by atoms with E-state index in [-0.39, 0.29) is 0 Å². The molecule has 2 aromatic heterocycles. The maximum atomic E-state index is 6.29. The smallest absolute Gasteiger partial charge is 0.224 e. The Balaban J connectivity index is 1.53. The van der Waals surface area contributed by atoms with E-state index < -0.39 is 0 Å². The predicted octanol–water partition coefficient (Wildman–Crippen LogP) is 3.37. The van der Waals surface area contributed by atoms with Gasteiger partial charge in [-0.05, 0) is 50.0 Å². The number of fused-ring (bicyclic) bond motifs is 1. The summed E-state index contributed by atoms with van der Waals surface area (Å²) >= 11 is 8.14. The van der Waals surface area contributed by atoms with Crippen LogP contribution in [0, 0.1) is 0 Å². The van der Waals surface area contributed by atoms with E-state index in [1.807, 2.05) is 11.3 Å². The quantitative estimate of drug-likeness (QED) is 0.724. The normalized spacial score (nSPS) is 23.5. The fourth-order valence-corrected chi connectivity index (χ4v) is 5.82. The van der Waals surface area contributed by atoms with E-state index in [2.05, 4.69) is 30.7 Å². The summed E-state index contributed by atoms with van der Waals surface area (Å²) in [5.41, 5.74) is 0.985. The van der Waals surface area contributed by atoms with Gasteiger partial charge in [-0.3, -0.25) is 9.80 Å². The topological polar surface area (TPSA) is 44.7 Å². The van der Waals surface area contributed by atoms with Gasteiger partial charge in [0, 0.05) is 31.1 Å². The van der Waals surface area contributed by atoms with Crippen LogP contribution >= 0.6 is 22.9 Å². The summed E-state index contributed by atoms with van der Waals surface area (Å²) in [6.45, 7) is 7.97. The number of piperidine rings is 1. The lowest BCUT2D eigenvalue weighted by atomic mass is 10.1. The molecule has 3 aliphatic heterocycles. The van der Waals surface area contributed by atoms with Gasteiger partial charge in [0.25, 0.3) is 0 Å². The standard InChI is InChI=1S/C19H26ClN5OS/c20-19-21-14-13-15(18(25-7-4-8-25)24-5-2-1-3-6-24)27-16(14)17(22-19)23-9-11-26-12-10-23/h13,18H,1-12H2. The van der Waals surface area contributed by atoms with Crippen LogP contribution in [0.15, 0.2) is 6.07 Å². The predicted molar refractivity (Wildman–Crippen MR) is 110 cm³/mol. The zero-order valence-corrected chi connectivity index (χ0v) is 17.1. The lowest BCUT2D eigenvalue weighted by molar-refractivity contribution is -0.00763. The third-order valence-electron chi connectivity index (χ3n) is 5.88. The molecule has 2 aromatic rings. The van der Waals surface area contributed by atoms with Crippen LogP contribution in [0.5, 0.6) is 0 Å². The molecule has 1 atom stereocenters. The number of likely N-dealkylation sites (tertiary alicyclic amines) is 2. The van der Waals surface area contributed by atoms with Gasteiger partial charge in [0.1, 0.15) is 0 Å². The van der Waals surface area contributed by atoms with E-state index in [0.29, 0.717) is 11.4 Å². The van der Waals surface area contributed by atoms with Crippen molar-refractivity contribution in [3.8, 4) is 0 Å². The molecule has 0 bridgehead atoms. The van der Waals surface area contributed by atoms with Crippen molar-refractivity contribution in [2.24, 2.45) is 0 Å². The van der Waals surface area contributed by atoms with Crippen molar-refractivity contribution in [3.05, 3.63) is 16.2 Å². The molecule has 3 fully saturated rings. The van der Waals surface area contributed by atoms with E-state index in [1.165, 1.54) is 61.4 Å². The second-order valence-corrected chi connectivity index (χ2v) is 9.06. The fraction of sp³-hybridized carbons (Fsp3) is 0.684. The van der Waals surface area contributed by atoms with Gasteiger partial charge in [0.15, 0.2) is 5.82 Å². The Bertz CT molecular complexity index is 799. The van der Waals surface area contributed by atoms with Crippen molar-refractivity contribution >= 4 is 39.0 Å². The third-order valence-corrected chi connectivity index (χ3v) is 7.21. The molecule has 5 rings (SSSR count). The highest BCUT2D eigenvalue weighted by atomic mass is 35.5. The zero-order chi connectivity index (χ0) is 18.2. The van der Waals surface area contributed by atoms with Gasteiger partial charge in [0.2, 0.25) is 5.28 Å². The van der Waals surface area contributed by atoms with Crippen molar-refractivity contribution < 1.29 is 4.74 Å². The molecule has 5 heterocycles. The van der Waals surface area contributed by atoms with Gasteiger partial charge in [-0.25, -0.2) is 4.98 Å². The number of nitrogens with zero attached hydrogens (tertiary/aromatic N) is 5. The Morgan fingerprint density at radius 3 is 2.30 bits per heavy atom. The van der Waals surface area contributed by atoms with Crippen LogP contribution < -0.4 is 4.90 Å². The molecule has 3 aliphatic rings. The second-order valence-electron chi connectivity index (χ2n) is 7.64. The molecule has 0 N–H and O–H groups in total. The lowest BCUT2D eigenvalue weighted by Crippen LogP contribution is -2.49. The van der Waals surface area contributed by atoms with Crippen LogP contribution in [-0.2, 0) is 4.74 Å². The summed E-state index contributed by atoms with van der Waals surface area (Å²) in [5, 5.41) is 0.340. The number of aromatic nitrogens is 2. The van der Waals surface area contributed by atoms with Gasteiger partial charge >= 0.3 is 0 Å². The van der Waals surface area contributed by atoms with Crippen LogP contribution in [0.1, 0.15) is 36.7 Å². The van der Waals surface area contributed by atoms with E-state index in [9.17, 15) is 0 Å². The Morgan fingerprint density at radius 2 is 1.63 bits per heavy atom. The maximum absolute atomic E-state index is 6.29. The molecular weight excluding hydrogens is 382 g/mol.